The number of nitrogen functional groups attached to an aromatic ring is 1. The van der Waals surface area contributed by atoms with Crippen molar-refractivity contribution >= 4 is 73.1 Å². The van der Waals surface area contributed by atoms with Gasteiger partial charge in [0.2, 0.25) is 11.8 Å². The number of anilines is 3. The molecule has 12 nitrogen and oxygen atoms in total. The molecular weight excluding hydrogens is 544 g/mol. The molecule has 4 heterocycles. The van der Waals surface area contributed by atoms with Gasteiger partial charge in [0.25, 0.3) is 0 Å². The monoisotopic (exact) mass is 564 g/mol. The number of hydrogen-bond acceptors (Lipinski definition) is 7. The van der Waals surface area contributed by atoms with E-state index in [1.165, 1.54) is 6.33 Å². The van der Waals surface area contributed by atoms with Crippen LogP contribution in [0.3, 0.4) is 0 Å². The molecule has 0 unspecified atom stereocenters. The number of carboxylic acid groups (broad SMARTS) is 1. The molecule has 6 rings (SSSR count). The van der Waals surface area contributed by atoms with E-state index in [0.717, 1.165) is 6.42 Å². The van der Waals surface area contributed by atoms with Crippen molar-refractivity contribution in [3.8, 4) is 0 Å². The third-order valence-corrected chi connectivity index (χ3v) is 7.32. The fourth-order valence-corrected chi connectivity index (χ4v) is 5.60. The number of halogens is 1. The van der Waals surface area contributed by atoms with Gasteiger partial charge in [-0.1, -0.05) is 6.07 Å². The summed E-state index contributed by atoms with van der Waals surface area (Å²) in [6, 6.07) is 9.61. The minimum Gasteiger partial charge on any atom is -0.465 e. The predicted octanol–water partition coefficient (Wildman–Crippen LogP) is 3.04. The summed E-state index contributed by atoms with van der Waals surface area (Å²) in [4.78, 5) is 52.4. The fourth-order valence-electron chi connectivity index (χ4n) is 5.25. The molecule has 0 spiro atoms. The molecule has 1 saturated heterocycles. The second-order valence-electron chi connectivity index (χ2n) is 9.16. The highest BCUT2D eigenvalue weighted by Crippen LogP contribution is 2.48. The quantitative estimate of drug-likeness (QED) is 0.268. The number of piperidine rings is 1. The molecule has 3 atom stereocenters. The molecule has 4 aromatic rings. The summed E-state index contributed by atoms with van der Waals surface area (Å²) in [6.07, 6.45) is 1.60. The van der Waals surface area contributed by atoms with E-state index in [9.17, 15) is 14.4 Å². The molecule has 37 heavy (non-hydrogen) atoms. The van der Waals surface area contributed by atoms with Gasteiger partial charge in [0.05, 0.1) is 10.9 Å². The van der Waals surface area contributed by atoms with Gasteiger partial charge < -0.3 is 25.6 Å². The van der Waals surface area contributed by atoms with Crippen LogP contribution in [-0.4, -0.2) is 59.5 Å². The van der Waals surface area contributed by atoms with Gasteiger partial charge in [0.1, 0.15) is 40.8 Å². The molecule has 0 bridgehead atoms. The number of carbonyl (C=O) groups excluding carboxylic acids is 2. The first-order valence-electron chi connectivity index (χ1n) is 11.6. The van der Waals surface area contributed by atoms with E-state index in [1.807, 2.05) is 0 Å². The summed E-state index contributed by atoms with van der Waals surface area (Å²) in [7, 11) is 0. The molecule has 2 aliphatic rings. The zero-order chi connectivity index (χ0) is 25.8. The van der Waals surface area contributed by atoms with Crippen molar-refractivity contribution in [1.82, 2.24) is 24.4 Å². The third-order valence-electron chi connectivity index (χ3n) is 6.87. The number of pyridine rings is 1. The zero-order valence-electron chi connectivity index (χ0n) is 19.3. The summed E-state index contributed by atoms with van der Waals surface area (Å²) in [6.45, 7) is -0.0652. The van der Waals surface area contributed by atoms with E-state index in [2.05, 4.69) is 41.5 Å². The van der Waals surface area contributed by atoms with Gasteiger partial charge >= 0.3 is 6.09 Å². The number of nitrogens with two attached hydrogens (primary N) is 1. The van der Waals surface area contributed by atoms with Crippen molar-refractivity contribution in [2.24, 2.45) is 5.92 Å². The molecule has 3 aromatic heterocycles. The second-order valence-corrected chi connectivity index (χ2v) is 9.97. The number of amides is 3. The Morgan fingerprint density at radius 1 is 1.14 bits per heavy atom. The lowest BCUT2D eigenvalue weighted by atomic mass is 10.1. The number of aromatic nitrogens is 4. The van der Waals surface area contributed by atoms with Gasteiger partial charge in [-0.2, -0.15) is 0 Å². The van der Waals surface area contributed by atoms with Crippen LogP contribution in [0.4, 0.5) is 22.1 Å². The van der Waals surface area contributed by atoms with Crippen molar-refractivity contribution in [3.05, 3.63) is 47.3 Å². The molecule has 188 valence electrons. The Labute approximate surface area is 218 Å². The summed E-state index contributed by atoms with van der Waals surface area (Å²) >= 11 is 3.30. The normalized spacial score (nSPS) is 20.1. The summed E-state index contributed by atoms with van der Waals surface area (Å²) in [5, 5.41) is 15.4. The van der Waals surface area contributed by atoms with E-state index >= 15 is 0 Å². The van der Waals surface area contributed by atoms with Crippen molar-refractivity contribution in [3.63, 3.8) is 0 Å². The van der Waals surface area contributed by atoms with Crippen LogP contribution in [0.2, 0.25) is 0 Å². The van der Waals surface area contributed by atoms with E-state index in [4.69, 9.17) is 10.8 Å². The molecule has 2 fully saturated rings. The maximum absolute atomic E-state index is 13.7. The minimum absolute atomic E-state index is 0.0258. The average molecular weight is 565 g/mol. The smallest absolute Gasteiger partial charge is 0.409 e. The second kappa shape index (κ2) is 8.69. The van der Waals surface area contributed by atoms with Gasteiger partial charge in [-0.15, -0.1) is 0 Å². The predicted molar refractivity (Wildman–Crippen MR) is 139 cm³/mol. The van der Waals surface area contributed by atoms with Crippen LogP contribution in [0.15, 0.2) is 47.3 Å². The molecule has 1 aromatic carbocycles. The first kappa shape index (κ1) is 23.2. The van der Waals surface area contributed by atoms with E-state index in [0.29, 0.717) is 50.4 Å². The Bertz CT molecular complexity index is 1600. The topological polar surface area (TPSA) is 168 Å². The van der Waals surface area contributed by atoms with Gasteiger partial charge in [-0.05, 0) is 65.0 Å². The van der Waals surface area contributed by atoms with Crippen LogP contribution >= 0.6 is 15.9 Å². The molecule has 1 aliphatic heterocycles. The maximum Gasteiger partial charge on any atom is 0.409 e. The van der Waals surface area contributed by atoms with Crippen LogP contribution in [0.1, 0.15) is 12.8 Å². The van der Waals surface area contributed by atoms with E-state index < -0.39 is 12.1 Å². The summed E-state index contributed by atoms with van der Waals surface area (Å²) in [5.41, 5.74) is 7.61. The molecule has 1 aliphatic carbocycles. The van der Waals surface area contributed by atoms with Crippen molar-refractivity contribution in [2.75, 3.05) is 16.4 Å². The highest BCUT2D eigenvalue weighted by molar-refractivity contribution is 9.10. The van der Waals surface area contributed by atoms with Gasteiger partial charge in [-0.3, -0.25) is 14.9 Å². The SMILES string of the molecule is Nc1ncnc2c1c1cc(NC(=O)O)ccc1n2CC(=O)N1[C@@H]2C[C@@H]2C[C@H]1C(=O)Nc1cccc(Br)n1. The number of rotatable bonds is 5. The van der Waals surface area contributed by atoms with Crippen molar-refractivity contribution < 1.29 is 19.5 Å². The van der Waals surface area contributed by atoms with Gasteiger partial charge in [0.15, 0.2) is 0 Å². The molecule has 5 N–H and O–H groups in total. The summed E-state index contributed by atoms with van der Waals surface area (Å²) < 4.78 is 2.33. The molecular formula is C24H21BrN8O4. The fraction of sp³-hybridized carbons (Fsp3) is 0.250. The lowest BCUT2D eigenvalue weighted by Gasteiger charge is -2.27. The highest BCUT2D eigenvalue weighted by atomic mass is 79.9. The van der Waals surface area contributed by atoms with Crippen LogP contribution in [0.25, 0.3) is 21.9 Å². The largest absolute Gasteiger partial charge is 0.465 e. The van der Waals surface area contributed by atoms with Crippen molar-refractivity contribution in [1.29, 1.82) is 0 Å². The Morgan fingerprint density at radius 2 is 1.97 bits per heavy atom. The first-order valence-corrected chi connectivity index (χ1v) is 12.4. The van der Waals surface area contributed by atoms with E-state index in [1.54, 1.807) is 45.9 Å². The minimum atomic E-state index is -1.20. The molecule has 3 amide bonds. The number of nitrogens with one attached hydrogen (secondary N) is 2. The lowest BCUT2D eigenvalue weighted by Crippen LogP contribution is -2.46. The molecule has 13 heteroatoms. The van der Waals surface area contributed by atoms with Crippen LogP contribution < -0.4 is 16.4 Å². The van der Waals surface area contributed by atoms with Crippen LogP contribution in [0, 0.1) is 5.92 Å². The number of benzene rings is 1. The number of carbonyl (C=O) groups is 3. The third kappa shape index (κ3) is 4.10. The number of fused-ring (bicyclic) bond motifs is 4. The summed E-state index contributed by atoms with van der Waals surface area (Å²) in [5.74, 6) is 0.444. The lowest BCUT2D eigenvalue weighted by molar-refractivity contribution is -0.138. The average Bonchev–Trinajstić information content (AvgIpc) is 3.39. The van der Waals surface area contributed by atoms with Crippen molar-refractivity contribution in [2.45, 2.75) is 31.5 Å². The Hall–Kier alpha value is -4.26. The Balaban J connectivity index is 1.33. The molecule has 0 radical (unpaired) electrons. The first-order chi connectivity index (χ1) is 17.8. The van der Waals surface area contributed by atoms with E-state index in [-0.39, 0.29) is 30.2 Å². The zero-order valence-corrected chi connectivity index (χ0v) is 20.8. The number of nitrogens with zero attached hydrogens (tertiary/aromatic N) is 5. The van der Waals surface area contributed by atoms with Gasteiger partial charge in [0, 0.05) is 17.1 Å². The Kier molecular flexibility index (Phi) is 5.44. The van der Waals surface area contributed by atoms with Crippen LogP contribution in [0.5, 0.6) is 0 Å². The number of hydrogen-bond donors (Lipinski definition) is 4. The van der Waals surface area contributed by atoms with Crippen LogP contribution in [-0.2, 0) is 16.1 Å². The Morgan fingerprint density at radius 3 is 2.76 bits per heavy atom. The highest BCUT2D eigenvalue weighted by Gasteiger charge is 2.56. The van der Waals surface area contributed by atoms with Gasteiger partial charge in [-0.25, -0.2) is 19.7 Å². The number of likely N-dealkylation sites (tertiary alicyclic amines) is 1. The standard InChI is InChI=1S/C24H21BrN8O4/c25-17-2-1-3-18(30-17)31-23(35)16-7-11-6-15(11)33(16)19(34)9-32-14-5-4-12(29-24(36)37)8-13(14)20-21(26)27-10-28-22(20)32/h1-5,8,10-11,15-16,29H,6-7,9H2,(H,36,37)(H2,26,27,28)(H,30,31,35)/t11-,15-,16+/m1/s1. The maximum atomic E-state index is 13.7. The molecule has 1 saturated carbocycles.